The summed E-state index contributed by atoms with van der Waals surface area (Å²) in [6.45, 7) is -0.713. The van der Waals surface area contributed by atoms with Crippen molar-refractivity contribution in [3.8, 4) is 0 Å². The minimum Gasteiger partial charge on any atom is -0.378 e. The number of carbonyl (C=O) groups excluding carboxylic acids is 1. The summed E-state index contributed by atoms with van der Waals surface area (Å²) in [4.78, 5) is 13.7. The number of amides is 1. The molecule has 0 radical (unpaired) electrons. The molecule has 4 rings (SSSR count). The Labute approximate surface area is 138 Å². The molecule has 1 aromatic rings. The van der Waals surface area contributed by atoms with Crippen LogP contribution >= 0.6 is 0 Å². The monoisotopic (exact) mass is 340 g/mol. The number of halogens is 3. The van der Waals surface area contributed by atoms with E-state index in [-0.39, 0.29) is 31.7 Å². The summed E-state index contributed by atoms with van der Waals surface area (Å²) < 4.78 is 43.3. The van der Waals surface area contributed by atoms with Gasteiger partial charge < -0.3 is 10.1 Å². The zero-order valence-electron chi connectivity index (χ0n) is 13.1. The van der Waals surface area contributed by atoms with Crippen molar-refractivity contribution in [1.29, 1.82) is 0 Å². The fourth-order valence-electron chi connectivity index (χ4n) is 4.11. The third kappa shape index (κ3) is 2.91. The van der Waals surface area contributed by atoms with E-state index >= 15 is 0 Å². The first-order chi connectivity index (χ1) is 11.4. The van der Waals surface area contributed by atoms with E-state index in [1.165, 1.54) is 16.0 Å². The fraction of sp³-hybridized carbons (Fsp3) is 0.588. The molecular formula is C17H19F3N2O2. The van der Waals surface area contributed by atoms with E-state index in [0.29, 0.717) is 11.8 Å². The molecule has 1 saturated heterocycles. The zero-order valence-corrected chi connectivity index (χ0v) is 13.1. The highest BCUT2D eigenvalue weighted by Gasteiger charge is 2.56. The highest BCUT2D eigenvalue weighted by Crippen LogP contribution is 2.56. The van der Waals surface area contributed by atoms with Gasteiger partial charge in [-0.15, -0.1) is 0 Å². The van der Waals surface area contributed by atoms with Gasteiger partial charge in [0.15, 0.2) is 0 Å². The van der Waals surface area contributed by atoms with Crippen LogP contribution in [0.3, 0.4) is 0 Å². The summed E-state index contributed by atoms with van der Waals surface area (Å²) in [5.74, 6) is 0.341. The van der Waals surface area contributed by atoms with Crippen LogP contribution in [-0.4, -0.2) is 55.4 Å². The lowest BCUT2D eigenvalue weighted by atomic mass is 10.0. The number of alkyl halides is 3. The Bertz CT molecular complexity index is 649. The van der Waals surface area contributed by atoms with Crippen LogP contribution in [0.5, 0.6) is 0 Å². The predicted octanol–water partition coefficient (Wildman–Crippen LogP) is 1.70. The van der Waals surface area contributed by atoms with E-state index in [4.69, 9.17) is 4.74 Å². The van der Waals surface area contributed by atoms with Gasteiger partial charge in [0.05, 0.1) is 19.8 Å². The number of nitrogens with zero attached hydrogens (tertiary/aromatic N) is 1. The zero-order chi connectivity index (χ0) is 16.9. The Hall–Kier alpha value is -1.60. The molecule has 0 bridgehead atoms. The SMILES string of the molecule is O=C(N[C@@H]1[C@@H]2Cc3ccccc3[C@@H]21)[C@@H]1COCCN1CC(F)(F)F. The minimum absolute atomic E-state index is 0.0144. The van der Waals surface area contributed by atoms with E-state index in [9.17, 15) is 18.0 Å². The summed E-state index contributed by atoms with van der Waals surface area (Å²) in [7, 11) is 0. The van der Waals surface area contributed by atoms with Gasteiger partial charge in [-0.2, -0.15) is 13.2 Å². The van der Waals surface area contributed by atoms with Gasteiger partial charge in [0.25, 0.3) is 0 Å². The van der Waals surface area contributed by atoms with Crippen LogP contribution in [0.4, 0.5) is 13.2 Å². The summed E-state index contributed by atoms with van der Waals surface area (Å²) in [6, 6.07) is 7.34. The van der Waals surface area contributed by atoms with E-state index in [1.807, 2.05) is 12.1 Å². The lowest BCUT2D eigenvalue weighted by molar-refractivity contribution is -0.166. The number of carbonyl (C=O) groups is 1. The van der Waals surface area contributed by atoms with Crippen LogP contribution in [0.15, 0.2) is 24.3 Å². The smallest absolute Gasteiger partial charge is 0.378 e. The Morgan fingerprint density at radius 1 is 1.33 bits per heavy atom. The molecule has 1 amide bonds. The molecule has 0 aromatic heterocycles. The summed E-state index contributed by atoms with van der Waals surface area (Å²) in [5, 5.41) is 2.95. The average molecular weight is 340 g/mol. The Kier molecular flexibility index (Phi) is 3.80. The quantitative estimate of drug-likeness (QED) is 0.911. The van der Waals surface area contributed by atoms with Crippen LogP contribution in [0.2, 0.25) is 0 Å². The average Bonchev–Trinajstić information content (AvgIpc) is 3.03. The number of benzene rings is 1. The topological polar surface area (TPSA) is 41.6 Å². The molecule has 1 aromatic carbocycles. The summed E-state index contributed by atoms with van der Waals surface area (Å²) in [6.07, 6.45) is -3.38. The van der Waals surface area contributed by atoms with Gasteiger partial charge in [-0.05, 0) is 23.5 Å². The predicted molar refractivity (Wildman–Crippen MR) is 80.5 cm³/mol. The third-order valence-electron chi connectivity index (χ3n) is 5.27. The Balaban J connectivity index is 1.40. The third-order valence-corrected chi connectivity index (χ3v) is 5.27. The second-order valence-corrected chi connectivity index (χ2v) is 6.80. The molecule has 1 N–H and O–H groups in total. The van der Waals surface area contributed by atoms with Crippen molar-refractivity contribution in [2.45, 2.75) is 30.6 Å². The molecule has 0 spiro atoms. The Morgan fingerprint density at radius 3 is 2.92 bits per heavy atom. The molecule has 130 valence electrons. The summed E-state index contributed by atoms with van der Waals surface area (Å²) in [5.41, 5.74) is 2.58. The van der Waals surface area contributed by atoms with Crippen molar-refractivity contribution in [2.24, 2.45) is 5.92 Å². The first kappa shape index (κ1) is 15.9. The van der Waals surface area contributed by atoms with Gasteiger partial charge in [-0.1, -0.05) is 24.3 Å². The number of fused-ring (bicyclic) bond motifs is 3. The van der Waals surface area contributed by atoms with Crippen molar-refractivity contribution in [3.63, 3.8) is 0 Å². The molecule has 3 aliphatic rings. The minimum atomic E-state index is -4.31. The van der Waals surface area contributed by atoms with E-state index in [0.717, 1.165) is 6.42 Å². The fourth-order valence-corrected chi connectivity index (χ4v) is 4.11. The maximum Gasteiger partial charge on any atom is 0.401 e. The molecular weight excluding hydrogens is 321 g/mol. The van der Waals surface area contributed by atoms with Gasteiger partial charge in [-0.25, -0.2) is 0 Å². The molecule has 2 aliphatic carbocycles. The molecule has 0 unspecified atom stereocenters. The first-order valence-corrected chi connectivity index (χ1v) is 8.21. The lowest BCUT2D eigenvalue weighted by Crippen LogP contribution is -2.56. The lowest BCUT2D eigenvalue weighted by Gasteiger charge is -2.35. The number of hydrogen-bond acceptors (Lipinski definition) is 3. The normalized spacial score (nSPS) is 32.1. The van der Waals surface area contributed by atoms with Crippen LogP contribution < -0.4 is 5.32 Å². The second-order valence-electron chi connectivity index (χ2n) is 6.80. The highest BCUT2D eigenvalue weighted by atomic mass is 19.4. The number of nitrogens with one attached hydrogen (secondary N) is 1. The molecule has 1 heterocycles. The van der Waals surface area contributed by atoms with E-state index < -0.39 is 18.8 Å². The number of morpholine rings is 1. The van der Waals surface area contributed by atoms with Gasteiger partial charge >= 0.3 is 6.18 Å². The molecule has 7 heteroatoms. The highest BCUT2D eigenvalue weighted by molar-refractivity contribution is 5.83. The maximum atomic E-state index is 12.7. The Morgan fingerprint density at radius 2 is 2.12 bits per heavy atom. The van der Waals surface area contributed by atoms with Gasteiger partial charge in [0, 0.05) is 18.5 Å². The van der Waals surface area contributed by atoms with Gasteiger partial charge in [0.1, 0.15) is 6.04 Å². The van der Waals surface area contributed by atoms with Crippen LogP contribution in [0, 0.1) is 5.92 Å². The first-order valence-electron chi connectivity index (χ1n) is 8.21. The number of hydrogen-bond donors (Lipinski definition) is 1. The molecule has 4 atom stereocenters. The molecule has 1 aliphatic heterocycles. The molecule has 2 fully saturated rings. The van der Waals surface area contributed by atoms with E-state index in [1.54, 1.807) is 0 Å². The molecule has 24 heavy (non-hydrogen) atoms. The maximum absolute atomic E-state index is 12.7. The van der Waals surface area contributed by atoms with Crippen molar-refractivity contribution in [1.82, 2.24) is 10.2 Å². The van der Waals surface area contributed by atoms with Crippen LogP contribution in [0.25, 0.3) is 0 Å². The van der Waals surface area contributed by atoms with Crippen molar-refractivity contribution in [2.75, 3.05) is 26.3 Å². The molecule has 1 saturated carbocycles. The number of rotatable bonds is 3. The van der Waals surface area contributed by atoms with Gasteiger partial charge in [-0.3, -0.25) is 9.69 Å². The van der Waals surface area contributed by atoms with Gasteiger partial charge in [0.2, 0.25) is 5.91 Å². The summed E-state index contributed by atoms with van der Waals surface area (Å²) >= 11 is 0. The van der Waals surface area contributed by atoms with Crippen molar-refractivity contribution in [3.05, 3.63) is 35.4 Å². The molecule has 4 nitrogen and oxygen atoms in total. The van der Waals surface area contributed by atoms with Crippen LogP contribution in [0.1, 0.15) is 17.0 Å². The largest absolute Gasteiger partial charge is 0.401 e. The number of ether oxygens (including phenoxy) is 1. The standard InChI is InChI=1S/C17H19F3N2O2/c18-17(19,20)9-22-5-6-24-8-13(22)16(23)21-15-12-7-10-3-1-2-4-11(10)14(12)15/h1-4,12-15H,5-9H2,(H,21,23)/t12-,13+,14+,15-/m1/s1. The van der Waals surface area contributed by atoms with Crippen LogP contribution in [-0.2, 0) is 16.0 Å². The second kappa shape index (κ2) is 5.74. The van der Waals surface area contributed by atoms with E-state index in [2.05, 4.69) is 17.4 Å². The van der Waals surface area contributed by atoms with Crippen molar-refractivity contribution >= 4 is 5.91 Å². The van der Waals surface area contributed by atoms with Crippen molar-refractivity contribution < 1.29 is 22.7 Å².